The number of hydrogen-bond donors (Lipinski definition) is 2. The van der Waals surface area contributed by atoms with Crippen molar-refractivity contribution in [3.8, 4) is 0 Å². The predicted molar refractivity (Wildman–Crippen MR) is 79.6 cm³/mol. The molecule has 4 nitrogen and oxygen atoms in total. The third-order valence-electron chi connectivity index (χ3n) is 3.30. The molecule has 0 spiro atoms. The number of nitrogens with one attached hydrogen (secondary N) is 2. The van der Waals surface area contributed by atoms with Crippen molar-refractivity contribution in [3.63, 3.8) is 0 Å². The molecule has 1 amide bonds. The van der Waals surface area contributed by atoms with Gasteiger partial charge in [-0.3, -0.25) is 5.32 Å². The van der Waals surface area contributed by atoms with E-state index in [1.54, 1.807) is 6.92 Å². The summed E-state index contributed by atoms with van der Waals surface area (Å²) in [5.41, 5.74) is 1.79. The van der Waals surface area contributed by atoms with E-state index in [-0.39, 0.29) is 0 Å². The maximum Gasteiger partial charge on any atom is 0.411 e. The lowest BCUT2D eigenvalue weighted by Gasteiger charge is -2.21. The molecule has 0 fully saturated rings. The topological polar surface area (TPSA) is 50.4 Å². The summed E-state index contributed by atoms with van der Waals surface area (Å²) in [5, 5.41) is 6.12. The summed E-state index contributed by atoms with van der Waals surface area (Å²) in [6, 6.07) is 8.07. The summed E-state index contributed by atoms with van der Waals surface area (Å²) < 4.78 is 4.82. The Hall–Kier alpha value is -1.71. The number of ether oxygens (including phenoxy) is 1. The van der Waals surface area contributed by atoms with Crippen molar-refractivity contribution in [2.45, 2.75) is 40.2 Å². The number of anilines is 2. The van der Waals surface area contributed by atoms with Gasteiger partial charge in [0.1, 0.15) is 0 Å². The third-order valence-corrected chi connectivity index (χ3v) is 3.30. The molecule has 2 N–H and O–H groups in total. The van der Waals surface area contributed by atoms with Crippen molar-refractivity contribution in [1.29, 1.82) is 0 Å². The van der Waals surface area contributed by atoms with Crippen molar-refractivity contribution >= 4 is 17.5 Å². The molecule has 2 atom stereocenters. The van der Waals surface area contributed by atoms with Gasteiger partial charge in [0.25, 0.3) is 0 Å². The van der Waals surface area contributed by atoms with Gasteiger partial charge in [0.2, 0.25) is 0 Å². The standard InChI is InChI=1S/C15H24N2O2/c1-5-11(3)12(4)16-13-7-9-14(10-8-13)17-15(18)19-6-2/h7-12,16H,5-6H2,1-4H3,(H,17,18). The van der Waals surface area contributed by atoms with Gasteiger partial charge in [-0.1, -0.05) is 20.3 Å². The molecule has 0 bridgehead atoms. The Labute approximate surface area is 115 Å². The molecule has 2 unspecified atom stereocenters. The van der Waals surface area contributed by atoms with Crippen molar-refractivity contribution in [2.75, 3.05) is 17.2 Å². The Kier molecular flexibility index (Phi) is 6.19. The molecule has 0 aliphatic rings. The van der Waals surface area contributed by atoms with E-state index in [1.807, 2.05) is 24.3 Å². The van der Waals surface area contributed by atoms with Crippen LogP contribution >= 0.6 is 0 Å². The fourth-order valence-electron chi connectivity index (χ4n) is 1.69. The van der Waals surface area contributed by atoms with Gasteiger partial charge in [0.05, 0.1) is 6.61 Å². The quantitative estimate of drug-likeness (QED) is 0.813. The lowest BCUT2D eigenvalue weighted by molar-refractivity contribution is 0.168. The van der Waals surface area contributed by atoms with Crippen LogP contribution in [0.3, 0.4) is 0 Å². The Morgan fingerprint density at radius 2 is 1.74 bits per heavy atom. The Morgan fingerprint density at radius 3 is 2.26 bits per heavy atom. The van der Waals surface area contributed by atoms with E-state index in [9.17, 15) is 4.79 Å². The van der Waals surface area contributed by atoms with E-state index in [2.05, 4.69) is 31.4 Å². The monoisotopic (exact) mass is 264 g/mol. The van der Waals surface area contributed by atoms with E-state index < -0.39 is 6.09 Å². The summed E-state index contributed by atoms with van der Waals surface area (Å²) >= 11 is 0. The fourth-order valence-corrected chi connectivity index (χ4v) is 1.69. The molecule has 1 aromatic rings. The minimum atomic E-state index is -0.420. The van der Waals surface area contributed by atoms with E-state index >= 15 is 0 Å². The molecule has 1 aromatic carbocycles. The molecule has 0 heterocycles. The second-order valence-corrected chi connectivity index (χ2v) is 4.74. The molecule has 0 saturated carbocycles. The Morgan fingerprint density at radius 1 is 1.16 bits per heavy atom. The molecule has 0 aliphatic carbocycles. The molecule has 4 heteroatoms. The largest absolute Gasteiger partial charge is 0.450 e. The number of benzene rings is 1. The molecular weight excluding hydrogens is 240 g/mol. The van der Waals surface area contributed by atoms with Gasteiger partial charge in [0.15, 0.2) is 0 Å². The van der Waals surface area contributed by atoms with Crippen LogP contribution in [0.2, 0.25) is 0 Å². The van der Waals surface area contributed by atoms with Crippen LogP contribution in [0.25, 0.3) is 0 Å². The number of hydrogen-bond acceptors (Lipinski definition) is 3. The maximum atomic E-state index is 11.3. The van der Waals surface area contributed by atoms with Crippen LogP contribution in [0.4, 0.5) is 16.2 Å². The summed E-state index contributed by atoms with van der Waals surface area (Å²) in [7, 11) is 0. The van der Waals surface area contributed by atoms with Crippen LogP contribution in [-0.2, 0) is 4.74 Å². The summed E-state index contributed by atoms with van der Waals surface area (Å²) in [4.78, 5) is 11.3. The molecule has 0 aromatic heterocycles. The number of rotatable bonds is 6. The van der Waals surface area contributed by atoms with Crippen LogP contribution in [-0.4, -0.2) is 18.7 Å². The first kappa shape index (κ1) is 15.3. The SMILES string of the molecule is CCOC(=O)Nc1ccc(NC(C)C(C)CC)cc1. The van der Waals surface area contributed by atoms with Gasteiger partial charge in [-0.05, 0) is 44.0 Å². The van der Waals surface area contributed by atoms with E-state index in [4.69, 9.17) is 4.74 Å². The lowest BCUT2D eigenvalue weighted by Crippen LogP contribution is -2.23. The normalized spacial score (nSPS) is 13.5. The number of carbonyl (C=O) groups is 1. The van der Waals surface area contributed by atoms with Crippen LogP contribution in [0, 0.1) is 5.92 Å². The third kappa shape index (κ3) is 5.20. The van der Waals surface area contributed by atoms with Gasteiger partial charge >= 0.3 is 6.09 Å². The highest BCUT2D eigenvalue weighted by Gasteiger charge is 2.09. The highest BCUT2D eigenvalue weighted by atomic mass is 16.5. The van der Waals surface area contributed by atoms with Gasteiger partial charge in [0, 0.05) is 17.4 Å². The summed E-state index contributed by atoms with van der Waals surface area (Å²) in [6.45, 7) is 8.75. The summed E-state index contributed by atoms with van der Waals surface area (Å²) in [6.07, 6.45) is 0.729. The van der Waals surface area contributed by atoms with Crippen LogP contribution in [0.1, 0.15) is 34.1 Å². The highest BCUT2D eigenvalue weighted by Crippen LogP contribution is 2.17. The van der Waals surface area contributed by atoms with Crippen molar-refractivity contribution in [2.24, 2.45) is 5.92 Å². The molecule has 106 valence electrons. The first-order valence-corrected chi connectivity index (χ1v) is 6.87. The Balaban J connectivity index is 2.54. The van der Waals surface area contributed by atoms with Crippen molar-refractivity contribution in [3.05, 3.63) is 24.3 Å². The van der Waals surface area contributed by atoms with Crippen LogP contribution in [0.5, 0.6) is 0 Å². The molecule has 1 rings (SSSR count). The fraction of sp³-hybridized carbons (Fsp3) is 0.533. The molecule has 0 saturated heterocycles. The zero-order valence-electron chi connectivity index (χ0n) is 12.2. The van der Waals surface area contributed by atoms with Crippen molar-refractivity contribution < 1.29 is 9.53 Å². The predicted octanol–water partition coefficient (Wildman–Crippen LogP) is 4.10. The smallest absolute Gasteiger partial charge is 0.411 e. The Bertz CT molecular complexity index is 390. The molecular formula is C15H24N2O2. The molecule has 0 radical (unpaired) electrons. The molecule has 19 heavy (non-hydrogen) atoms. The average Bonchev–Trinajstić information content (AvgIpc) is 2.40. The minimum Gasteiger partial charge on any atom is -0.450 e. The number of amides is 1. The average molecular weight is 264 g/mol. The maximum absolute atomic E-state index is 11.3. The van der Waals surface area contributed by atoms with Gasteiger partial charge < -0.3 is 10.1 Å². The van der Waals surface area contributed by atoms with Gasteiger partial charge in [-0.15, -0.1) is 0 Å². The minimum absolute atomic E-state index is 0.373. The molecule has 0 aliphatic heterocycles. The van der Waals surface area contributed by atoms with Crippen molar-refractivity contribution in [1.82, 2.24) is 0 Å². The second-order valence-electron chi connectivity index (χ2n) is 4.74. The van der Waals surface area contributed by atoms with E-state index in [1.165, 1.54) is 0 Å². The second kappa shape index (κ2) is 7.67. The van der Waals surface area contributed by atoms with Crippen LogP contribution < -0.4 is 10.6 Å². The first-order chi connectivity index (χ1) is 9.06. The van der Waals surface area contributed by atoms with Gasteiger partial charge in [-0.25, -0.2) is 4.79 Å². The zero-order chi connectivity index (χ0) is 14.3. The van der Waals surface area contributed by atoms with E-state index in [0.717, 1.165) is 17.8 Å². The highest BCUT2D eigenvalue weighted by molar-refractivity contribution is 5.84. The van der Waals surface area contributed by atoms with Crippen LogP contribution in [0.15, 0.2) is 24.3 Å². The summed E-state index contributed by atoms with van der Waals surface area (Å²) in [5.74, 6) is 0.623. The lowest BCUT2D eigenvalue weighted by atomic mass is 10.0. The zero-order valence-corrected chi connectivity index (χ0v) is 12.2. The first-order valence-electron chi connectivity index (χ1n) is 6.87. The van der Waals surface area contributed by atoms with E-state index in [0.29, 0.717) is 18.6 Å². The van der Waals surface area contributed by atoms with Gasteiger partial charge in [-0.2, -0.15) is 0 Å². The number of carbonyl (C=O) groups excluding carboxylic acids is 1.